The smallest absolute Gasteiger partial charge is 0.243 e. The molecule has 19 heavy (non-hydrogen) atoms. The summed E-state index contributed by atoms with van der Waals surface area (Å²) in [6.07, 6.45) is 0.765. The quantitative estimate of drug-likeness (QED) is 0.891. The van der Waals surface area contributed by atoms with E-state index in [1.807, 2.05) is 13.0 Å². The molecule has 6 heteroatoms. The molecule has 0 spiro atoms. The van der Waals surface area contributed by atoms with Gasteiger partial charge in [0.05, 0.1) is 16.5 Å². The summed E-state index contributed by atoms with van der Waals surface area (Å²) in [5, 5.41) is 8.84. The lowest BCUT2D eigenvalue weighted by atomic mass is 9.90. The molecule has 1 aliphatic rings. The van der Waals surface area contributed by atoms with Gasteiger partial charge in [0, 0.05) is 13.1 Å². The van der Waals surface area contributed by atoms with Crippen molar-refractivity contribution in [3.05, 3.63) is 29.8 Å². The largest absolute Gasteiger partial charge is 0.330 e. The fraction of sp³-hybridized carbons (Fsp3) is 0.462. The van der Waals surface area contributed by atoms with Gasteiger partial charge in [-0.2, -0.15) is 9.57 Å². The molecule has 5 nitrogen and oxygen atoms in total. The van der Waals surface area contributed by atoms with Gasteiger partial charge in [0.1, 0.15) is 0 Å². The first-order valence-electron chi connectivity index (χ1n) is 6.12. The van der Waals surface area contributed by atoms with Gasteiger partial charge in [-0.25, -0.2) is 8.42 Å². The molecule has 0 saturated carbocycles. The fourth-order valence-electron chi connectivity index (χ4n) is 2.23. The first kappa shape index (κ1) is 14.0. The third-order valence-corrected chi connectivity index (χ3v) is 5.46. The molecule has 0 amide bonds. The topological polar surface area (TPSA) is 87.2 Å². The van der Waals surface area contributed by atoms with Crippen LogP contribution in [0.3, 0.4) is 0 Å². The predicted octanol–water partition coefficient (Wildman–Crippen LogP) is 0.918. The number of nitrogens with two attached hydrogens (primary N) is 1. The second-order valence-corrected chi connectivity index (χ2v) is 7.18. The first-order chi connectivity index (χ1) is 8.91. The number of nitrogens with zero attached hydrogens (tertiary/aromatic N) is 2. The number of hydrogen-bond acceptors (Lipinski definition) is 4. The van der Waals surface area contributed by atoms with Gasteiger partial charge in [-0.15, -0.1) is 0 Å². The van der Waals surface area contributed by atoms with E-state index in [-0.39, 0.29) is 10.3 Å². The molecule has 1 aromatic rings. The molecule has 2 rings (SSSR count). The monoisotopic (exact) mass is 279 g/mol. The minimum atomic E-state index is -3.53. The number of benzene rings is 1. The van der Waals surface area contributed by atoms with E-state index in [1.165, 1.54) is 16.4 Å². The van der Waals surface area contributed by atoms with E-state index < -0.39 is 10.0 Å². The summed E-state index contributed by atoms with van der Waals surface area (Å²) in [6, 6.07) is 8.06. The standard InChI is InChI=1S/C13H17N3O2S/c1-13(9-15)5-6-16(10-13)19(17,18)12-4-2-3-11(7-12)8-14/h2-4,7H,5-6,9-10,15H2,1H3. The van der Waals surface area contributed by atoms with Gasteiger partial charge in [-0.05, 0) is 36.6 Å². The van der Waals surface area contributed by atoms with Crippen LogP contribution < -0.4 is 5.73 Å². The van der Waals surface area contributed by atoms with Crippen LogP contribution >= 0.6 is 0 Å². The van der Waals surface area contributed by atoms with Gasteiger partial charge in [-0.3, -0.25) is 0 Å². The molecular weight excluding hydrogens is 262 g/mol. The molecule has 1 atom stereocenters. The molecule has 1 unspecified atom stereocenters. The van der Waals surface area contributed by atoms with E-state index >= 15 is 0 Å². The van der Waals surface area contributed by atoms with E-state index in [9.17, 15) is 8.42 Å². The van der Waals surface area contributed by atoms with E-state index in [4.69, 9.17) is 11.0 Å². The first-order valence-corrected chi connectivity index (χ1v) is 7.56. The molecular formula is C13H17N3O2S. The van der Waals surface area contributed by atoms with Crippen LogP contribution in [-0.2, 0) is 10.0 Å². The summed E-state index contributed by atoms with van der Waals surface area (Å²) < 4.78 is 26.4. The molecule has 1 saturated heterocycles. The maximum absolute atomic E-state index is 12.5. The Hall–Kier alpha value is -1.42. The Morgan fingerprint density at radius 2 is 2.26 bits per heavy atom. The Labute approximate surface area is 113 Å². The van der Waals surface area contributed by atoms with E-state index in [1.54, 1.807) is 12.1 Å². The van der Waals surface area contributed by atoms with Gasteiger partial charge in [0.15, 0.2) is 0 Å². The second kappa shape index (κ2) is 4.93. The number of hydrogen-bond donors (Lipinski definition) is 1. The van der Waals surface area contributed by atoms with Crippen molar-refractivity contribution in [1.29, 1.82) is 5.26 Å². The Morgan fingerprint density at radius 3 is 2.84 bits per heavy atom. The van der Waals surface area contributed by atoms with Crippen LogP contribution in [0.25, 0.3) is 0 Å². The minimum Gasteiger partial charge on any atom is -0.330 e. The highest BCUT2D eigenvalue weighted by Gasteiger charge is 2.38. The summed E-state index contributed by atoms with van der Waals surface area (Å²) in [5.41, 5.74) is 5.89. The van der Waals surface area contributed by atoms with Crippen LogP contribution in [0.5, 0.6) is 0 Å². The van der Waals surface area contributed by atoms with Crippen LogP contribution in [0.1, 0.15) is 18.9 Å². The lowest BCUT2D eigenvalue weighted by Gasteiger charge is -2.22. The summed E-state index contributed by atoms with van der Waals surface area (Å²) >= 11 is 0. The van der Waals surface area contributed by atoms with E-state index in [2.05, 4.69) is 0 Å². The van der Waals surface area contributed by atoms with Crippen molar-refractivity contribution in [2.75, 3.05) is 19.6 Å². The normalized spacial score (nSPS) is 24.3. The average Bonchev–Trinajstić information content (AvgIpc) is 2.83. The highest BCUT2D eigenvalue weighted by molar-refractivity contribution is 7.89. The molecule has 0 aromatic heterocycles. The van der Waals surface area contributed by atoms with Crippen LogP contribution in [0, 0.1) is 16.7 Å². The van der Waals surface area contributed by atoms with Crippen molar-refractivity contribution < 1.29 is 8.42 Å². The SMILES string of the molecule is CC1(CN)CCN(S(=O)(=O)c2cccc(C#N)c2)C1. The Bertz CT molecular complexity index is 621. The van der Waals surface area contributed by atoms with Crippen molar-refractivity contribution in [3.63, 3.8) is 0 Å². The van der Waals surface area contributed by atoms with Crippen LogP contribution in [0.15, 0.2) is 29.2 Å². The van der Waals surface area contributed by atoms with Gasteiger partial charge in [0.25, 0.3) is 0 Å². The maximum atomic E-state index is 12.5. The highest BCUT2D eigenvalue weighted by Crippen LogP contribution is 2.32. The highest BCUT2D eigenvalue weighted by atomic mass is 32.2. The molecule has 2 N–H and O–H groups in total. The Morgan fingerprint density at radius 1 is 1.53 bits per heavy atom. The fourth-order valence-corrected chi connectivity index (χ4v) is 3.86. The number of nitriles is 1. The van der Waals surface area contributed by atoms with Crippen molar-refractivity contribution >= 4 is 10.0 Å². The summed E-state index contributed by atoms with van der Waals surface area (Å²) in [6.45, 7) is 3.38. The van der Waals surface area contributed by atoms with Gasteiger partial charge < -0.3 is 5.73 Å². The van der Waals surface area contributed by atoms with Gasteiger partial charge >= 0.3 is 0 Å². The average molecular weight is 279 g/mol. The predicted molar refractivity (Wildman–Crippen MR) is 71.7 cm³/mol. The molecule has 1 fully saturated rings. The van der Waals surface area contributed by atoms with Gasteiger partial charge in [0.2, 0.25) is 10.0 Å². The van der Waals surface area contributed by atoms with E-state index in [0.29, 0.717) is 25.2 Å². The van der Waals surface area contributed by atoms with Crippen LogP contribution in [0.4, 0.5) is 0 Å². The molecule has 102 valence electrons. The molecule has 1 aromatic carbocycles. The number of sulfonamides is 1. The van der Waals surface area contributed by atoms with Gasteiger partial charge in [-0.1, -0.05) is 13.0 Å². The number of rotatable bonds is 3. The van der Waals surface area contributed by atoms with E-state index in [0.717, 1.165) is 6.42 Å². The zero-order chi connectivity index (χ0) is 14.1. The minimum absolute atomic E-state index is 0.153. The Balaban J connectivity index is 2.31. The Kier molecular flexibility index (Phi) is 3.63. The molecule has 1 aliphatic heterocycles. The van der Waals surface area contributed by atoms with Crippen molar-refractivity contribution in [2.24, 2.45) is 11.1 Å². The molecule has 0 aliphatic carbocycles. The molecule has 0 bridgehead atoms. The van der Waals surface area contributed by atoms with Crippen LogP contribution in [-0.4, -0.2) is 32.4 Å². The zero-order valence-electron chi connectivity index (χ0n) is 10.8. The third kappa shape index (κ3) is 2.63. The zero-order valence-corrected chi connectivity index (χ0v) is 11.7. The molecule has 0 radical (unpaired) electrons. The third-order valence-electron chi connectivity index (χ3n) is 3.62. The summed E-state index contributed by atoms with van der Waals surface area (Å²) in [7, 11) is -3.53. The van der Waals surface area contributed by atoms with Crippen molar-refractivity contribution in [3.8, 4) is 6.07 Å². The summed E-state index contributed by atoms with van der Waals surface area (Å²) in [5.74, 6) is 0. The summed E-state index contributed by atoms with van der Waals surface area (Å²) in [4.78, 5) is 0.174. The lowest BCUT2D eigenvalue weighted by Crippen LogP contribution is -2.34. The van der Waals surface area contributed by atoms with Crippen molar-refractivity contribution in [2.45, 2.75) is 18.2 Å². The van der Waals surface area contributed by atoms with Crippen LogP contribution in [0.2, 0.25) is 0 Å². The lowest BCUT2D eigenvalue weighted by molar-refractivity contribution is 0.349. The maximum Gasteiger partial charge on any atom is 0.243 e. The van der Waals surface area contributed by atoms with Crippen molar-refractivity contribution in [1.82, 2.24) is 4.31 Å². The second-order valence-electron chi connectivity index (χ2n) is 5.24. The molecule has 1 heterocycles.